The van der Waals surface area contributed by atoms with Gasteiger partial charge in [0.25, 0.3) is 0 Å². The molecule has 2 unspecified atom stereocenters. The van der Waals surface area contributed by atoms with E-state index in [2.05, 4.69) is 11.4 Å². The van der Waals surface area contributed by atoms with E-state index in [1.54, 1.807) is 6.07 Å². The molecule has 0 fully saturated rings. The second kappa shape index (κ2) is 6.04. The summed E-state index contributed by atoms with van der Waals surface area (Å²) in [7, 11) is 0. The minimum atomic E-state index is -0.274. The number of para-hydroxylation sites is 1. The van der Waals surface area contributed by atoms with Gasteiger partial charge >= 0.3 is 0 Å². The Kier molecular flexibility index (Phi) is 4.13. The fourth-order valence-electron chi connectivity index (χ4n) is 2.91. The third kappa shape index (κ3) is 2.76. The van der Waals surface area contributed by atoms with Gasteiger partial charge in [0.2, 0.25) is 0 Å². The highest BCUT2D eigenvalue weighted by Crippen LogP contribution is 2.42. The molecule has 0 aliphatic carbocycles. The Morgan fingerprint density at radius 1 is 1.33 bits per heavy atom. The van der Waals surface area contributed by atoms with Crippen molar-refractivity contribution in [3.05, 3.63) is 64.4 Å². The molecule has 0 amide bonds. The molecule has 1 N–H and O–H groups in total. The van der Waals surface area contributed by atoms with E-state index in [0.29, 0.717) is 11.6 Å². The van der Waals surface area contributed by atoms with Crippen LogP contribution in [-0.2, 0) is 0 Å². The molecule has 0 spiro atoms. The van der Waals surface area contributed by atoms with Crippen molar-refractivity contribution in [3.8, 4) is 5.75 Å². The van der Waals surface area contributed by atoms with Crippen molar-refractivity contribution in [1.82, 2.24) is 5.32 Å². The number of likely N-dealkylation sites (N-methyl/N-ethyl adjacent to an activating group) is 1. The Morgan fingerprint density at radius 2 is 2.14 bits per heavy atom. The first-order valence-electron chi connectivity index (χ1n) is 7.10. The van der Waals surface area contributed by atoms with E-state index >= 15 is 0 Å². The summed E-state index contributed by atoms with van der Waals surface area (Å²) < 4.78 is 19.4. The summed E-state index contributed by atoms with van der Waals surface area (Å²) in [5, 5.41) is 3.99. The molecule has 0 radical (unpaired) electrons. The number of rotatable bonds is 4. The van der Waals surface area contributed by atoms with Gasteiger partial charge in [0.1, 0.15) is 11.6 Å². The summed E-state index contributed by atoms with van der Waals surface area (Å²) in [5.74, 6) is 0.753. The zero-order valence-corrected chi connectivity index (χ0v) is 12.5. The van der Waals surface area contributed by atoms with Crippen LogP contribution in [0.4, 0.5) is 4.39 Å². The van der Waals surface area contributed by atoms with Crippen LogP contribution < -0.4 is 10.1 Å². The van der Waals surface area contributed by atoms with E-state index in [1.807, 2.05) is 25.1 Å². The van der Waals surface area contributed by atoms with Crippen molar-refractivity contribution in [3.63, 3.8) is 0 Å². The summed E-state index contributed by atoms with van der Waals surface area (Å²) in [6.07, 6.45) is 0. The molecule has 2 atom stereocenters. The molecule has 2 aromatic carbocycles. The normalized spacial score (nSPS) is 18.1. The maximum Gasteiger partial charge on any atom is 0.123 e. The number of hydrogen-bond donors (Lipinski definition) is 1. The minimum Gasteiger partial charge on any atom is -0.493 e. The van der Waals surface area contributed by atoms with Crippen molar-refractivity contribution in [2.75, 3.05) is 13.2 Å². The summed E-state index contributed by atoms with van der Waals surface area (Å²) in [6.45, 7) is 3.38. The monoisotopic (exact) mass is 305 g/mol. The van der Waals surface area contributed by atoms with Crippen LogP contribution in [0, 0.1) is 5.82 Å². The van der Waals surface area contributed by atoms with E-state index in [-0.39, 0.29) is 17.8 Å². The number of benzene rings is 2. The van der Waals surface area contributed by atoms with Crippen molar-refractivity contribution in [2.45, 2.75) is 18.9 Å². The van der Waals surface area contributed by atoms with Gasteiger partial charge in [-0.25, -0.2) is 4.39 Å². The average molecular weight is 306 g/mol. The zero-order valence-electron chi connectivity index (χ0n) is 11.8. The molecule has 1 aliphatic heterocycles. The van der Waals surface area contributed by atoms with E-state index in [0.717, 1.165) is 23.4 Å². The predicted octanol–water partition coefficient (Wildman–Crippen LogP) is 4.31. The number of hydrogen-bond acceptors (Lipinski definition) is 2. The topological polar surface area (TPSA) is 21.3 Å². The van der Waals surface area contributed by atoms with E-state index in [1.165, 1.54) is 12.1 Å². The summed E-state index contributed by atoms with van der Waals surface area (Å²) in [5.41, 5.74) is 1.92. The van der Waals surface area contributed by atoms with Gasteiger partial charge in [-0.15, -0.1) is 0 Å². The van der Waals surface area contributed by atoms with E-state index in [4.69, 9.17) is 16.3 Å². The lowest BCUT2D eigenvalue weighted by Crippen LogP contribution is -2.28. The lowest BCUT2D eigenvalue weighted by Gasteiger charge is -2.25. The van der Waals surface area contributed by atoms with Crippen LogP contribution in [0.3, 0.4) is 0 Å². The number of fused-ring (bicyclic) bond motifs is 1. The van der Waals surface area contributed by atoms with Crippen molar-refractivity contribution in [2.24, 2.45) is 0 Å². The van der Waals surface area contributed by atoms with Crippen LogP contribution in [0.2, 0.25) is 5.02 Å². The lowest BCUT2D eigenvalue weighted by atomic mass is 9.88. The third-order valence-electron chi connectivity index (χ3n) is 3.86. The maximum atomic E-state index is 13.6. The van der Waals surface area contributed by atoms with Crippen LogP contribution >= 0.6 is 11.6 Å². The van der Waals surface area contributed by atoms with Gasteiger partial charge in [0, 0.05) is 22.5 Å². The molecule has 0 aromatic heterocycles. The molecule has 3 rings (SSSR count). The van der Waals surface area contributed by atoms with Crippen molar-refractivity contribution in [1.29, 1.82) is 0 Å². The highest BCUT2D eigenvalue weighted by atomic mass is 35.5. The van der Waals surface area contributed by atoms with Gasteiger partial charge in [0.05, 0.1) is 6.61 Å². The molecule has 0 saturated carbocycles. The Hall–Kier alpha value is -1.58. The first kappa shape index (κ1) is 14.4. The molecule has 21 heavy (non-hydrogen) atoms. The number of nitrogens with one attached hydrogen (secondary N) is 1. The van der Waals surface area contributed by atoms with Crippen LogP contribution in [0.1, 0.15) is 30.0 Å². The average Bonchev–Trinajstić information content (AvgIpc) is 2.91. The predicted molar refractivity (Wildman–Crippen MR) is 82.5 cm³/mol. The quantitative estimate of drug-likeness (QED) is 0.909. The van der Waals surface area contributed by atoms with Crippen LogP contribution in [-0.4, -0.2) is 13.2 Å². The molecular formula is C17H17ClFNO. The first-order valence-corrected chi connectivity index (χ1v) is 7.48. The summed E-state index contributed by atoms with van der Waals surface area (Å²) in [6, 6.07) is 12.4. The van der Waals surface area contributed by atoms with Gasteiger partial charge in [-0.2, -0.15) is 0 Å². The molecule has 110 valence electrons. The lowest BCUT2D eigenvalue weighted by molar-refractivity contribution is 0.300. The Bertz CT molecular complexity index is 646. The molecule has 2 nitrogen and oxygen atoms in total. The fourth-order valence-corrected chi connectivity index (χ4v) is 3.14. The largest absolute Gasteiger partial charge is 0.493 e. The molecule has 0 bridgehead atoms. The van der Waals surface area contributed by atoms with Crippen LogP contribution in [0.15, 0.2) is 42.5 Å². The van der Waals surface area contributed by atoms with Gasteiger partial charge in [-0.3, -0.25) is 0 Å². The highest BCUT2D eigenvalue weighted by molar-refractivity contribution is 6.31. The Labute approximate surface area is 128 Å². The first-order chi connectivity index (χ1) is 10.2. The van der Waals surface area contributed by atoms with Gasteiger partial charge in [0.15, 0.2) is 0 Å². The highest BCUT2D eigenvalue weighted by Gasteiger charge is 2.32. The fraction of sp³-hybridized carbons (Fsp3) is 0.294. The van der Waals surface area contributed by atoms with Gasteiger partial charge < -0.3 is 10.1 Å². The Morgan fingerprint density at radius 3 is 2.95 bits per heavy atom. The molecule has 2 aromatic rings. The summed E-state index contributed by atoms with van der Waals surface area (Å²) in [4.78, 5) is 0. The zero-order chi connectivity index (χ0) is 14.8. The molecule has 0 saturated heterocycles. The molecule has 1 heterocycles. The van der Waals surface area contributed by atoms with Gasteiger partial charge in [-0.1, -0.05) is 36.7 Å². The third-order valence-corrected chi connectivity index (χ3v) is 4.20. The van der Waals surface area contributed by atoms with Crippen LogP contribution in [0.25, 0.3) is 0 Å². The van der Waals surface area contributed by atoms with E-state index in [9.17, 15) is 4.39 Å². The minimum absolute atomic E-state index is 0.0677. The van der Waals surface area contributed by atoms with Crippen molar-refractivity contribution < 1.29 is 9.13 Å². The summed E-state index contributed by atoms with van der Waals surface area (Å²) >= 11 is 6.28. The Balaban J connectivity index is 2.01. The van der Waals surface area contributed by atoms with Crippen LogP contribution in [0.5, 0.6) is 5.75 Å². The smallest absolute Gasteiger partial charge is 0.123 e. The second-order valence-corrected chi connectivity index (χ2v) is 5.56. The number of ether oxygens (including phenoxy) is 1. The molecular weight excluding hydrogens is 289 g/mol. The van der Waals surface area contributed by atoms with Gasteiger partial charge in [-0.05, 0) is 36.4 Å². The number of halogens is 2. The SMILES string of the molecule is CCNC(c1cc(F)ccc1Cl)C1COc2ccccc21. The van der Waals surface area contributed by atoms with Crippen molar-refractivity contribution >= 4 is 11.6 Å². The second-order valence-electron chi connectivity index (χ2n) is 5.16. The molecule has 4 heteroatoms. The molecule has 1 aliphatic rings. The maximum absolute atomic E-state index is 13.6. The standard InChI is InChI=1S/C17H17ClFNO/c1-2-20-17(13-9-11(19)7-8-15(13)18)14-10-21-16-6-4-3-5-12(14)16/h3-9,14,17,20H,2,10H2,1H3. The van der Waals surface area contributed by atoms with E-state index < -0.39 is 0 Å².